The second-order valence-electron chi connectivity index (χ2n) is 4.65. The normalized spacial score (nSPS) is 16.6. The van der Waals surface area contributed by atoms with E-state index in [1.165, 1.54) is 18.9 Å². The van der Waals surface area contributed by atoms with Crippen LogP contribution in [0.25, 0.3) is 0 Å². The average molecular weight is 255 g/mol. The zero-order chi connectivity index (χ0) is 12.4. The highest BCUT2D eigenvalue weighted by Gasteiger charge is 2.23. The third kappa shape index (κ3) is 3.33. The summed E-state index contributed by atoms with van der Waals surface area (Å²) in [7, 11) is 0. The van der Waals surface area contributed by atoms with Gasteiger partial charge in [-0.05, 0) is 31.4 Å². The van der Waals surface area contributed by atoms with Gasteiger partial charge in [0.05, 0.1) is 4.92 Å². The number of nitro benzene ring substituents is 1. The van der Waals surface area contributed by atoms with Crippen molar-refractivity contribution in [3.63, 3.8) is 0 Å². The van der Waals surface area contributed by atoms with Crippen LogP contribution in [0.5, 0.6) is 0 Å². The number of nitrogens with zero attached hydrogens (tertiary/aromatic N) is 1. The topological polar surface area (TPSA) is 55.2 Å². The van der Waals surface area contributed by atoms with Crippen LogP contribution in [0.1, 0.15) is 26.2 Å². The van der Waals surface area contributed by atoms with Crippen molar-refractivity contribution in [1.29, 1.82) is 0 Å². The van der Waals surface area contributed by atoms with Crippen LogP contribution < -0.4 is 5.32 Å². The fraction of sp³-hybridized carbons (Fsp3) is 0.500. The smallest absolute Gasteiger partial charge is 0.288 e. The van der Waals surface area contributed by atoms with E-state index in [0.717, 1.165) is 18.0 Å². The van der Waals surface area contributed by atoms with Gasteiger partial charge in [-0.2, -0.15) is 0 Å². The number of benzene rings is 1. The molecular formula is C12H15ClN2O2. The molecule has 92 valence electrons. The summed E-state index contributed by atoms with van der Waals surface area (Å²) in [6, 6.07) is 5.13. The van der Waals surface area contributed by atoms with Gasteiger partial charge in [0.2, 0.25) is 0 Å². The van der Waals surface area contributed by atoms with E-state index in [2.05, 4.69) is 12.2 Å². The van der Waals surface area contributed by atoms with Crippen LogP contribution in [0.3, 0.4) is 0 Å². The molecule has 0 radical (unpaired) electrons. The summed E-state index contributed by atoms with van der Waals surface area (Å²) in [5.74, 6) is 0.853. The first-order valence-electron chi connectivity index (χ1n) is 5.76. The second kappa shape index (κ2) is 4.92. The quantitative estimate of drug-likeness (QED) is 0.641. The molecule has 17 heavy (non-hydrogen) atoms. The molecule has 1 fully saturated rings. The molecule has 1 atom stereocenters. The minimum Gasteiger partial charge on any atom is -0.383 e. The molecule has 0 bridgehead atoms. The van der Waals surface area contributed by atoms with Gasteiger partial charge in [-0.25, -0.2) is 0 Å². The van der Waals surface area contributed by atoms with E-state index >= 15 is 0 Å². The van der Waals surface area contributed by atoms with Crippen LogP contribution in [0.4, 0.5) is 11.4 Å². The van der Waals surface area contributed by atoms with Gasteiger partial charge in [-0.15, -0.1) is 0 Å². The SMILES string of the molecule is CC(CC1CC1)Nc1ccc([N+](=O)[O-])c(Cl)c1. The predicted molar refractivity (Wildman–Crippen MR) is 68.5 cm³/mol. The lowest BCUT2D eigenvalue weighted by molar-refractivity contribution is -0.384. The monoisotopic (exact) mass is 254 g/mol. The Kier molecular flexibility index (Phi) is 3.52. The largest absolute Gasteiger partial charge is 0.383 e. The Hall–Kier alpha value is -1.29. The van der Waals surface area contributed by atoms with Crippen LogP contribution in [-0.2, 0) is 0 Å². The van der Waals surface area contributed by atoms with E-state index in [1.807, 2.05) is 0 Å². The molecule has 5 heteroatoms. The summed E-state index contributed by atoms with van der Waals surface area (Å²) in [5.41, 5.74) is 0.792. The third-order valence-corrected chi connectivity index (χ3v) is 3.24. The molecule has 1 aromatic carbocycles. The fourth-order valence-corrected chi connectivity index (χ4v) is 2.19. The Morgan fingerprint density at radius 1 is 1.59 bits per heavy atom. The van der Waals surface area contributed by atoms with Crippen LogP contribution in [0.15, 0.2) is 18.2 Å². The Morgan fingerprint density at radius 2 is 2.29 bits per heavy atom. The van der Waals surface area contributed by atoms with Gasteiger partial charge >= 0.3 is 0 Å². The van der Waals surface area contributed by atoms with E-state index < -0.39 is 4.92 Å². The van der Waals surface area contributed by atoms with Crippen molar-refractivity contribution in [2.75, 3.05) is 5.32 Å². The average Bonchev–Trinajstić information content (AvgIpc) is 3.00. The predicted octanol–water partition coefficient (Wildman–Crippen LogP) is 3.85. The van der Waals surface area contributed by atoms with Crippen LogP contribution in [-0.4, -0.2) is 11.0 Å². The molecule has 0 amide bonds. The van der Waals surface area contributed by atoms with Crippen molar-refractivity contribution in [3.8, 4) is 0 Å². The summed E-state index contributed by atoms with van der Waals surface area (Å²) in [4.78, 5) is 10.1. The van der Waals surface area contributed by atoms with E-state index in [0.29, 0.717) is 6.04 Å². The first-order chi connectivity index (χ1) is 8.06. The molecule has 4 nitrogen and oxygen atoms in total. The Bertz CT molecular complexity index is 433. The van der Waals surface area contributed by atoms with Crippen molar-refractivity contribution in [2.45, 2.75) is 32.2 Å². The van der Waals surface area contributed by atoms with Gasteiger partial charge in [0.1, 0.15) is 5.02 Å². The molecule has 0 heterocycles. The van der Waals surface area contributed by atoms with E-state index in [-0.39, 0.29) is 10.7 Å². The molecule has 2 rings (SSSR count). The number of hydrogen-bond donors (Lipinski definition) is 1. The van der Waals surface area contributed by atoms with Crippen molar-refractivity contribution >= 4 is 23.0 Å². The Balaban J connectivity index is 2.00. The number of hydrogen-bond acceptors (Lipinski definition) is 3. The van der Waals surface area contributed by atoms with Gasteiger partial charge in [-0.3, -0.25) is 10.1 Å². The number of halogens is 1. The van der Waals surface area contributed by atoms with Gasteiger partial charge in [0.25, 0.3) is 5.69 Å². The number of nitrogens with one attached hydrogen (secondary N) is 1. The number of anilines is 1. The first-order valence-corrected chi connectivity index (χ1v) is 6.14. The van der Waals surface area contributed by atoms with Gasteiger partial charge in [-0.1, -0.05) is 24.4 Å². The van der Waals surface area contributed by atoms with Crippen molar-refractivity contribution in [1.82, 2.24) is 0 Å². The summed E-state index contributed by atoms with van der Waals surface area (Å²) in [6.07, 6.45) is 3.80. The lowest BCUT2D eigenvalue weighted by atomic mass is 10.1. The Morgan fingerprint density at radius 3 is 2.82 bits per heavy atom. The molecule has 0 aromatic heterocycles. The molecule has 1 aliphatic rings. The highest BCUT2D eigenvalue weighted by molar-refractivity contribution is 6.32. The maximum atomic E-state index is 10.6. The molecule has 0 spiro atoms. The third-order valence-electron chi connectivity index (χ3n) is 2.94. The molecule has 1 N–H and O–H groups in total. The summed E-state index contributed by atoms with van der Waals surface area (Å²) >= 11 is 5.84. The maximum absolute atomic E-state index is 10.6. The lowest BCUT2D eigenvalue weighted by Crippen LogP contribution is -2.15. The van der Waals surface area contributed by atoms with E-state index in [9.17, 15) is 10.1 Å². The number of rotatable bonds is 5. The van der Waals surface area contributed by atoms with Gasteiger partial charge < -0.3 is 5.32 Å². The van der Waals surface area contributed by atoms with Crippen molar-refractivity contribution in [3.05, 3.63) is 33.3 Å². The fourth-order valence-electron chi connectivity index (χ4n) is 1.94. The highest BCUT2D eigenvalue weighted by atomic mass is 35.5. The van der Waals surface area contributed by atoms with E-state index in [1.54, 1.807) is 12.1 Å². The van der Waals surface area contributed by atoms with Crippen molar-refractivity contribution in [2.24, 2.45) is 5.92 Å². The second-order valence-corrected chi connectivity index (χ2v) is 5.05. The van der Waals surface area contributed by atoms with Crippen LogP contribution >= 0.6 is 11.6 Å². The zero-order valence-corrected chi connectivity index (χ0v) is 10.4. The summed E-state index contributed by atoms with van der Waals surface area (Å²) in [6.45, 7) is 2.12. The molecule has 1 saturated carbocycles. The minimum atomic E-state index is -0.472. The van der Waals surface area contributed by atoms with Crippen LogP contribution in [0, 0.1) is 16.0 Å². The van der Waals surface area contributed by atoms with Gasteiger partial charge in [0.15, 0.2) is 0 Å². The van der Waals surface area contributed by atoms with Crippen molar-refractivity contribution < 1.29 is 4.92 Å². The lowest BCUT2D eigenvalue weighted by Gasteiger charge is -2.14. The maximum Gasteiger partial charge on any atom is 0.288 e. The highest BCUT2D eigenvalue weighted by Crippen LogP contribution is 2.34. The molecule has 1 unspecified atom stereocenters. The number of nitro groups is 1. The van der Waals surface area contributed by atoms with E-state index in [4.69, 9.17) is 11.6 Å². The summed E-state index contributed by atoms with van der Waals surface area (Å²) < 4.78 is 0. The van der Waals surface area contributed by atoms with Gasteiger partial charge in [0, 0.05) is 17.8 Å². The Labute approximate surface area is 105 Å². The molecule has 1 aromatic rings. The molecule has 0 saturated heterocycles. The standard InChI is InChI=1S/C12H15ClN2O2/c1-8(6-9-2-3-9)14-10-4-5-12(15(16)17)11(13)7-10/h4-5,7-9,14H,2-3,6H2,1H3. The zero-order valence-electron chi connectivity index (χ0n) is 9.65. The molecule has 1 aliphatic carbocycles. The van der Waals surface area contributed by atoms with Crippen LogP contribution in [0.2, 0.25) is 5.02 Å². The minimum absolute atomic E-state index is 0.0490. The molecule has 0 aliphatic heterocycles. The first kappa shape index (κ1) is 12.2. The summed E-state index contributed by atoms with van der Waals surface area (Å²) in [5, 5.41) is 14.1. The molecular weight excluding hydrogens is 240 g/mol.